The molecule has 0 heterocycles. The third-order valence-electron chi connectivity index (χ3n) is 0.965. The van der Waals surface area contributed by atoms with Gasteiger partial charge in [0, 0.05) is 6.61 Å². The lowest BCUT2D eigenvalue weighted by Gasteiger charge is -1.93. The first-order valence-corrected chi connectivity index (χ1v) is 3.23. The van der Waals surface area contributed by atoms with E-state index < -0.39 is 0 Å². The molecule has 0 rings (SSSR count). The fourth-order valence-corrected chi connectivity index (χ4v) is 0.412. The first-order valence-electron chi connectivity index (χ1n) is 3.23. The van der Waals surface area contributed by atoms with Gasteiger partial charge < -0.3 is 4.74 Å². The van der Waals surface area contributed by atoms with Gasteiger partial charge in [0.25, 0.3) is 0 Å². The second kappa shape index (κ2) is 5.76. The highest BCUT2D eigenvalue weighted by Gasteiger charge is 1.86. The van der Waals surface area contributed by atoms with E-state index in [1.165, 1.54) is 6.08 Å². The van der Waals surface area contributed by atoms with Crippen molar-refractivity contribution in [3.05, 3.63) is 11.9 Å². The van der Waals surface area contributed by atoms with Gasteiger partial charge in [-0.25, -0.2) is 4.39 Å². The molecule has 0 aliphatic heterocycles. The topological polar surface area (TPSA) is 9.23 Å². The number of rotatable bonds is 4. The minimum atomic E-state index is -0.0940. The zero-order valence-electron chi connectivity index (χ0n) is 5.98. The molecule has 0 aliphatic carbocycles. The summed E-state index contributed by atoms with van der Waals surface area (Å²) < 4.78 is 17.1. The molecule has 0 N–H and O–H groups in total. The predicted octanol–water partition coefficient (Wildman–Crippen LogP) is 2.29. The number of halogens is 1. The van der Waals surface area contributed by atoms with Crippen LogP contribution in [0.1, 0.15) is 20.3 Å². The summed E-state index contributed by atoms with van der Waals surface area (Å²) in [6, 6.07) is 0. The van der Waals surface area contributed by atoms with Gasteiger partial charge in [-0.1, -0.05) is 6.92 Å². The van der Waals surface area contributed by atoms with Gasteiger partial charge in [0.2, 0.25) is 0 Å². The summed E-state index contributed by atoms with van der Waals surface area (Å²) in [5, 5.41) is 0. The Morgan fingerprint density at radius 2 is 2.22 bits per heavy atom. The summed E-state index contributed by atoms with van der Waals surface area (Å²) in [6.45, 7) is 4.71. The van der Waals surface area contributed by atoms with E-state index in [1.54, 1.807) is 6.92 Å². The van der Waals surface area contributed by atoms with Crippen LogP contribution in [0.25, 0.3) is 0 Å². The Kier molecular flexibility index (Phi) is 5.52. The Morgan fingerprint density at radius 3 is 2.67 bits per heavy atom. The van der Waals surface area contributed by atoms with Crippen molar-refractivity contribution >= 4 is 0 Å². The van der Waals surface area contributed by atoms with E-state index in [0.717, 1.165) is 0 Å². The van der Waals surface area contributed by atoms with Crippen LogP contribution in [0.3, 0.4) is 0 Å². The Bertz CT molecular complexity index is 88.9. The molecule has 0 fully saturated rings. The summed E-state index contributed by atoms with van der Waals surface area (Å²) in [4.78, 5) is 0. The lowest BCUT2D eigenvalue weighted by molar-refractivity contribution is 0.176. The molecule has 1 nitrogen and oxygen atoms in total. The Hall–Kier alpha value is -0.370. The van der Waals surface area contributed by atoms with Gasteiger partial charge in [-0.3, -0.25) is 0 Å². The van der Waals surface area contributed by atoms with E-state index in [1.807, 2.05) is 6.92 Å². The van der Waals surface area contributed by atoms with Crippen LogP contribution >= 0.6 is 0 Å². The summed E-state index contributed by atoms with van der Waals surface area (Å²) in [7, 11) is 0. The maximum Gasteiger partial charge on any atom is 0.0979 e. The van der Waals surface area contributed by atoms with Gasteiger partial charge in [0.15, 0.2) is 0 Å². The maximum atomic E-state index is 12.2. The van der Waals surface area contributed by atoms with Crippen molar-refractivity contribution < 1.29 is 9.13 Å². The second-order valence-electron chi connectivity index (χ2n) is 1.66. The molecular formula is C7H13FO. The van der Waals surface area contributed by atoms with Gasteiger partial charge >= 0.3 is 0 Å². The minimum Gasteiger partial charge on any atom is -0.378 e. The third kappa shape index (κ3) is 5.50. The summed E-state index contributed by atoms with van der Waals surface area (Å²) in [5.41, 5.74) is 0. The standard InChI is InChI=1S/C7H13FO/c1-3-7(8)5-6-9-4-2/h5H,3-4,6H2,1-2H3/b7-5+. The lowest BCUT2D eigenvalue weighted by Crippen LogP contribution is -1.88. The first kappa shape index (κ1) is 8.63. The molecule has 0 saturated heterocycles. The minimum absolute atomic E-state index is 0.0940. The van der Waals surface area contributed by atoms with E-state index in [9.17, 15) is 4.39 Å². The number of allylic oxidation sites excluding steroid dienone is 1. The molecule has 0 amide bonds. The molecule has 0 saturated carbocycles. The van der Waals surface area contributed by atoms with E-state index in [-0.39, 0.29) is 5.83 Å². The van der Waals surface area contributed by atoms with Crippen LogP contribution in [0, 0.1) is 0 Å². The van der Waals surface area contributed by atoms with Crippen LogP contribution in [0.4, 0.5) is 4.39 Å². The number of hydrogen-bond donors (Lipinski definition) is 0. The maximum absolute atomic E-state index is 12.2. The molecule has 0 atom stereocenters. The van der Waals surface area contributed by atoms with E-state index >= 15 is 0 Å². The molecule has 0 unspecified atom stereocenters. The molecule has 54 valence electrons. The third-order valence-corrected chi connectivity index (χ3v) is 0.965. The molecule has 0 spiro atoms. The predicted molar refractivity (Wildman–Crippen MR) is 36.0 cm³/mol. The smallest absolute Gasteiger partial charge is 0.0979 e. The largest absolute Gasteiger partial charge is 0.378 e. The molecular weight excluding hydrogens is 119 g/mol. The molecule has 0 bridgehead atoms. The Balaban J connectivity index is 3.21. The fraction of sp³-hybridized carbons (Fsp3) is 0.714. The van der Waals surface area contributed by atoms with Crippen molar-refractivity contribution in [3.8, 4) is 0 Å². The molecule has 0 aliphatic rings. The van der Waals surface area contributed by atoms with Gasteiger partial charge in [-0.15, -0.1) is 0 Å². The van der Waals surface area contributed by atoms with Crippen molar-refractivity contribution in [2.45, 2.75) is 20.3 Å². The van der Waals surface area contributed by atoms with Crippen LogP contribution in [-0.2, 0) is 4.74 Å². The summed E-state index contributed by atoms with van der Waals surface area (Å²) in [5.74, 6) is -0.0940. The van der Waals surface area contributed by atoms with E-state index in [2.05, 4.69) is 0 Å². The van der Waals surface area contributed by atoms with Crippen LogP contribution < -0.4 is 0 Å². The van der Waals surface area contributed by atoms with Crippen LogP contribution in [0.15, 0.2) is 11.9 Å². The number of ether oxygens (including phenoxy) is 1. The van der Waals surface area contributed by atoms with Crippen molar-refractivity contribution in [1.82, 2.24) is 0 Å². The highest BCUT2D eigenvalue weighted by Crippen LogP contribution is 1.99. The van der Waals surface area contributed by atoms with Crippen LogP contribution in [0.2, 0.25) is 0 Å². The normalized spacial score (nSPS) is 12.1. The molecule has 0 aromatic rings. The van der Waals surface area contributed by atoms with Crippen molar-refractivity contribution in [2.75, 3.05) is 13.2 Å². The summed E-state index contributed by atoms with van der Waals surface area (Å²) >= 11 is 0. The quantitative estimate of drug-likeness (QED) is 0.533. The second-order valence-corrected chi connectivity index (χ2v) is 1.66. The molecule has 9 heavy (non-hydrogen) atoms. The van der Waals surface area contributed by atoms with Gasteiger partial charge in [-0.05, 0) is 19.4 Å². The Morgan fingerprint density at radius 1 is 1.56 bits per heavy atom. The van der Waals surface area contributed by atoms with Crippen LogP contribution in [0.5, 0.6) is 0 Å². The molecule has 0 radical (unpaired) electrons. The molecule has 0 aromatic carbocycles. The average molecular weight is 132 g/mol. The summed E-state index contributed by atoms with van der Waals surface area (Å²) in [6.07, 6.45) is 1.93. The van der Waals surface area contributed by atoms with Gasteiger partial charge in [0.05, 0.1) is 12.4 Å². The van der Waals surface area contributed by atoms with Crippen molar-refractivity contribution in [2.24, 2.45) is 0 Å². The average Bonchev–Trinajstić information content (AvgIpc) is 1.89. The van der Waals surface area contributed by atoms with Gasteiger partial charge in [0.1, 0.15) is 0 Å². The zero-order chi connectivity index (χ0) is 7.11. The van der Waals surface area contributed by atoms with E-state index in [4.69, 9.17) is 4.74 Å². The van der Waals surface area contributed by atoms with Crippen molar-refractivity contribution in [1.29, 1.82) is 0 Å². The lowest BCUT2D eigenvalue weighted by atomic mass is 10.4. The van der Waals surface area contributed by atoms with Gasteiger partial charge in [-0.2, -0.15) is 0 Å². The SMILES string of the molecule is CCOC/C=C(/F)CC. The molecule has 0 aromatic heterocycles. The highest BCUT2D eigenvalue weighted by atomic mass is 19.1. The van der Waals surface area contributed by atoms with Crippen LogP contribution in [-0.4, -0.2) is 13.2 Å². The zero-order valence-corrected chi connectivity index (χ0v) is 5.98. The van der Waals surface area contributed by atoms with E-state index in [0.29, 0.717) is 19.6 Å². The monoisotopic (exact) mass is 132 g/mol. The molecule has 2 heteroatoms. The fourth-order valence-electron chi connectivity index (χ4n) is 0.412. The Labute approximate surface area is 55.5 Å². The first-order chi connectivity index (χ1) is 4.31. The van der Waals surface area contributed by atoms with Crippen molar-refractivity contribution in [3.63, 3.8) is 0 Å². The number of hydrogen-bond acceptors (Lipinski definition) is 1. The highest BCUT2D eigenvalue weighted by molar-refractivity contribution is 4.89.